The molecule has 1 unspecified atom stereocenters. The van der Waals surface area contributed by atoms with Gasteiger partial charge in [0.15, 0.2) is 9.84 Å². The van der Waals surface area contributed by atoms with Crippen molar-refractivity contribution < 1.29 is 8.42 Å². The summed E-state index contributed by atoms with van der Waals surface area (Å²) in [4.78, 5) is 0.528. The van der Waals surface area contributed by atoms with Crippen molar-refractivity contribution in [2.75, 3.05) is 6.54 Å². The third-order valence-corrected chi connectivity index (χ3v) is 5.65. The number of nitrogens with one attached hydrogen (secondary N) is 1. The van der Waals surface area contributed by atoms with E-state index in [2.05, 4.69) is 12.2 Å². The molecule has 1 aliphatic heterocycles. The second-order valence-electron chi connectivity index (χ2n) is 4.71. The summed E-state index contributed by atoms with van der Waals surface area (Å²) in [5.41, 5.74) is 0.953. The largest absolute Gasteiger partial charge is 0.311 e. The normalized spacial score (nSPS) is 20.8. The lowest BCUT2D eigenvalue weighted by molar-refractivity contribution is 0.531. The third-order valence-electron chi connectivity index (χ3n) is 3.36. The zero-order chi connectivity index (χ0) is 13.0. The number of rotatable bonds is 4. The van der Waals surface area contributed by atoms with Gasteiger partial charge in [-0.2, -0.15) is 0 Å². The van der Waals surface area contributed by atoms with Gasteiger partial charge >= 0.3 is 0 Å². The Morgan fingerprint density at radius 1 is 1.33 bits per heavy atom. The minimum Gasteiger partial charge on any atom is -0.311 e. The highest BCUT2D eigenvalue weighted by molar-refractivity contribution is 7.92. The summed E-state index contributed by atoms with van der Waals surface area (Å²) in [5, 5.41) is 2.77. The number of piperidine rings is 1. The minimum atomic E-state index is -3.20. The number of hydrogen-bond donors (Lipinski definition) is 1. The molecule has 1 radical (unpaired) electrons. The van der Waals surface area contributed by atoms with Gasteiger partial charge in [0.05, 0.1) is 10.1 Å². The van der Waals surface area contributed by atoms with Crippen LogP contribution in [-0.2, 0) is 16.3 Å². The van der Waals surface area contributed by atoms with Crippen LogP contribution in [0.25, 0.3) is 0 Å². The fourth-order valence-corrected chi connectivity index (χ4v) is 4.31. The Balaban J connectivity index is 2.34. The first kappa shape index (κ1) is 13.6. The first-order valence-corrected chi connectivity index (χ1v) is 8.07. The molecular formula is C14H20NO2S. The van der Waals surface area contributed by atoms with Crippen molar-refractivity contribution in [3.05, 3.63) is 36.4 Å². The molecule has 18 heavy (non-hydrogen) atoms. The van der Waals surface area contributed by atoms with Crippen LogP contribution in [0.5, 0.6) is 0 Å². The average molecular weight is 266 g/mol. The van der Waals surface area contributed by atoms with Crippen LogP contribution in [-0.4, -0.2) is 20.2 Å². The fraction of sp³-hybridized carbons (Fsp3) is 0.500. The van der Waals surface area contributed by atoms with Crippen LogP contribution in [0.3, 0.4) is 0 Å². The first-order chi connectivity index (χ1) is 8.66. The quantitative estimate of drug-likeness (QED) is 0.909. The molecule has 0 aliphatic carbocycles. The highest BCUT2D eigenvalue weighted by Crippen LogP contribution is 2.25. The molecule has 1 aromatic rings. The van der Waals surface area contributed by atoms with Gasteiger partial charge in [0.2, 0.25) is 0 Å². The van der Waals surface area contributed by atoms with E-state index >= 15 is 0 Å². The van der Waals surface area contributed by atoms with Crippen molar-refractivity contribution in [3.8, 4) is 0 Å². The zero-order valence-electron chi connectivity index (χ0n) is 10.7. The molecule has 0 amide bonds. The van der Waals surface area contributed by atoms with E-state index in [1.54, 1.807) is 6.07 Å². The second kappa shape index (κ2) is 5.85. The topological polar surface area (TPSA) is 46.2 Å². The summed E-state index contributed by atoms with van der Waals surface area (Å²) in [5.74, 6) is 0. The summed E-state index contributed by atoms with van der Waals surface area (Å²) in [6.45, 7) is 4.55. The van der Waals surface area contributed by atoms with Crippen LogP contribution >= 0.6 is 0 Å². The third kappa shape index (κ3) is 2.75. The van der Waals surface area contributed by atoms with Gasteiger partial charge in [0, 0.05) is 13.1 Å². The van der Waals surface area contributed by atoms with Gasteiger partial charge in [-0.05, 0) is 30.9 Å². The van der Waals surface area contributed by atoms with Crippen LogP contribution < -0.4 is 5.32 Å². The predicted molar refractivity (Wildman–Crippen MR) is 72.9 cm³/mol. The molecule has 3 nitrogen and oxygen atoms in total. The smallest absolute Gasteiger partial charge is 0.182 e. The molecule has 0 aromatic heterocycles. The van der Waals surface area contributed by atoms with Crippen molar-refractivity contribution in [1.29, 1.82) is 0 Å². The second-order valence-corrected chi connectivity index (χ2v) is 6.91. The molecule has 1 atom stereocenters. The summed E-state index contributed by atoms with van der Waals surface area (Å²) in [6.07, 6.45) is 3.32. The van der Waals surface area contributed by atoms with E-state index in [4.69, 9.17) is 0 Å². The minimum absolute atomic E-state index is 0.291. The Morgan fingerprint density at radius 3 is 2.78 bits per heavy atom. The van der Waals surface area contributed by atoms with E-state index in [9.17, 15) is 8.42 Å². The van der Waals surface area contributed by atoms with Crippen LogP contribution in [0.1, 0.15) is 31.7 Å². The maximum absolute atomic E-state index is 12.6. The van der Waals surface area contributed by atoms with Gasteiger partial charge in [-0.1, -0.05) is 31.5 Å². The molecule has 1 aliphatic rings. The number of hydrogen-bond acceptors (Lipinski definition) is 3. The Bertz CT molecular complexity index is 490. The highest BCUT2D eigenvalue weighted by atomic mass is 32.2. The molecule has 4 heteroatoms. The lowest BCUT2D eigenvalue weighted by atomic mass is 10.1. The van der Waals surface area contributed by atoms with Crippen LogP contribution in [0.2, 0.25) is 0 Å². The zero-order valence-corrected chi connectivity index (χ0v) is 11.5. The summed E-state index contributed by atoms with van der Waals surface area (Å²) >= 11 is 0. The van der Waals surface area contributed by atoms with Crippen molar-refractivity contribution in [1.82, 2.24) is 5.32 Å². The van der Waals surface area contributed by atoms with E-state index in [0.717, 1.165) is 31.2 Å². The first-order valence-electron chi connectivity index (χ1n) is 6.53. The average Bonchev–Trinajstić information content (AvgIpc) is 2.41. The summed E-state index contributed by atoms with van der Waals surface area (Å²) < 4.78 is 25.3. The SMILES string of the molecule is CCCc1ccccc1S(=O)(=O)C1CC[CH]NC1. The van der Waals surface area contributed by atoms with Gasteiger partial charge < -0.3 is 5.32 Å². The van der Waals surface area contributed by atoms with E-state index < -0.39 is 9.84 Å². The van der Waals surface area contributed by atoms with Crippen molar-refractivity contribution in [2.24, 2.45) is 0 Å². The molecule has 1 aromatic carbocycles. The lowest BCUT2D eigenvalue weighted by Crippen LogP contribution is -2.36. The van der Waals surface area contributed by atoms with E-state index in [1.165, 1.54) is 0 Å². The standard InChI is InChI=1S/C14H20NO2S/c1-2-6-12-7-3-4-9-14(12)18(16,17)13-8-5-10-15-11-13/h3-4,7,9-10,13,15H,2,5-6,8,11H2,1H3. The van der Waals surface area contributed by atoms with E-state index in [0.29, 0.717) is 11.4 Å². The summed E-state index contributed by atoms with van der Waals surface area (Å²) in [7, 11) is -3.20. The Hall–Kier alpha value is -0.870. The number of benzene rings is 1. The van der Waals surface area contributed by atoms with Crippen molar-refractivity contribution in [2.45, 2.75) is 42.8 Å². The summed E-state index contributed by atoms with van der Waals surface area (Å²) in [6, 6.07) is 7.41. The molecule has 99 valence electrons. The maximum Gasteiger partial charge on any atom is 0.182 e. The molecule has 1 N–H and O–H groups in total. The number of sulfone groups is 1. The highest BCUT2D eigenvalue weighted by Gasteiger charge is 2.30. The molecule has 0 saturated carbocycles. The monoisotopic (exact) mass is 266 g/mol. The molecule has 1 saturated heterocycles. The van der Waals surface area contributed by atoms with E-state index in [1.807, 2.05) is 24.7 Å². The molecule has 2 rings (SSSR count). The van der Waals surface area contributed by atoms with Crippen LogP contribution in [0.15, 0.2) is 29.2 Å². The van der Waals surface area contributed by atoms with Gasteiger partial charge in [-0.3, -0.25) is 0 Å². The van der Waals surface area contributed by atoms with Gasteiger partial charge in [-0.15, -0.1) is 0 Å². The predicted octanol–water partition coefficient (Wildman–Crippen LogP) is 2.33. The molecule has 0 bridgehead atoms. The Morgan fingerprint density at radius 2 is 2.11 bits per heavy atom. The molecule has 1 heterocycles. The lowest BCUT2D eigenvalue weighted by Gasteiger charge is -2.23. The molecule has 1 fully saturated rings. The maximum atomic E-state index is 12.6. The Labute approximate surface area is 110 Å². The molecule has 0 spiro atoms. The van der Waals surface area contributed by atoms with Gasteiger partial charge in [0.25, 0.3) is 0 Å². The van der Waals surface area contributed by atoms with Crippen LogP contribution in [0.4, 0.5) is 0 Å². The molecular weight excluding hydrogens is 246 g/mol. The Kier molecular flexibility index (Phi) is 4.40. The van der Waals surface area contributed by atoms with E-state index in [-0.39, 0.29) is 5.25 Å². The van der Waals surface area contributed by atoms with Gasteiger partial charge in [-0.25, -0.2) is 8.42 Å². The number of aryl methyl sites for hydroxylation is 1. The van der Waals surface area contributed by atoms with Crippen LogP contribution in [0, 0.1) is 6.54 Å². The fourth-order valence-electron chi connectivity index (χ4n) is 2.39. The van der Waals surface area contributed by atoms with Gasteiger partial charge in [0.1, 0.15) is 0 Å². The van der Waals surface area contributed by atoms with Crippen molar-refractivity contribution in [3.63, 3.8) is 0 Å². The van der Waals surface area contributed by atoms with Crippen molar-refractivity contribution >= 4 is 9.84 Å².